The molecule has 2 saturated heterocycles. The topological polar surface area (TPSA) is 52.7 Å². The minimum Gasteiger partial charge on any atom is -0.341 e. The van der Waals surface area contributed by atoms with Gasteiger partial charge in [-0.15, -0.1) is 23.7 Å². The number of nitrogens with zero attached hydrogens (tertiary/aromatic N) is 2. The minimum absolute atomic E-state index is 0. The van der Waals surface area contributed by atoms with Crippen LogP contribution >= 0.6 is 35.3 Å². The van der Waals surface area contributed by atoms with E-state index in [9.17, 15) is 9.59 Å². The summed E-state index contributed by atoms with van der Waals surface area (Å²) in [5.74, 6) is 0.351. The lowest BCUT2D eigenvalue weighted by Crippen LogP contribution is -2.50. The molecule has 2 amide bonds. The van der Waals surface area contributed by atoms with Gasteiger partial charge in [0.15, 0.2) is 0 Å². The van der Waals surface area contributed by atoms with Crippen LogP contribution in [0.4, 0.5) is 0 Å². The first-order valence-electron chi connectivity index (χ1n) is 8.59. The van der Waals surface area contributed by atoms with Crippen LogP contribution in [0.15, 0.2) is 12.1 Å². The zero-order chi connectivity index (χ0) is 17.1. The average Bonchev–Trinajstić information content (AvgIpc) is 3.07. The number of likely N-dealkylation sites (tertiary alicyclic amines) is 2. The molecule has 3 heterocycles. The summed E-state index contributed by atoms with van der Waals surface area (Å²) in [5.41, 5.74) is 0. The lowest BCUT2D eigenvalue weighted by Gasteiger charge is -2.37. The van der Waals surface area contributed by atoms with Crippen LogP contribution in [0.25, 0.3) is 0 Å². The lowest BCUT2D eigenvalue weighted by atomic mass is 9.93. The van der Waals surface area contributed by atoms with Crippen molar-refractivity contribution in [2.75, 3.05) is 33.2 Å². The molecule has 1 atom stereocenters. The highest BCUT2D eigenvalue weighted by Gasteiger charge is 2.32. The Morgan fingerprint density at radius 1 is 1.16 bits per heavy atom. The second kappa shape index (κ2) is 9.21. The van der Waals surface area contributed by atoms with Crippen molar-refractivity contribution in [1.29, 1.82) is 0 Å². The minimum atomic E-state index is 0. The van der Waals surface area contributed by atoms with Crippen LogP contribution in [-0.4, -0.2) is 60.9 Å². The highest BCUT2D eigenvalue weighted by Crippen LogP contribution is 2.26. The van der Waals surface area contributed by atoms with Crippen molar-refractivity contribution in [3.05, 3.63) is 21.3 Å². The molecular weight excluding hydrogens is 381 g/mol. The maximum Gasteiger partial charge on any atom is 0.263 e. The van der Waals surface area contributed by atoms with E-state index in [2.05, 4.69) is 5.32 Å². The van der Waals surface area contributed by atoms with E-state index < -0.39 is 0 Å². The van der Waals surface area contributed by atoms with E-state index >= 15 is 0 Å². The molecule has 0 aromatic carbocycles. The SMILES string of the molecule is CNC1CCCN(C(=O)C2CCN(C(=O)c3ccc(Cl)s3)CC2)C1.Cl. The molecule has 1 N–H and O–H groups in total. The fourth-order valence-electron chi connectivity index (χ4n) is 3.59. The number of nitrogens with one attached hydrogen (secondary N) is 1. The Morgan fingerprint density at radius 3 is 2.48 bits per heavy atom. The van der Waals surface area contributed by atoms with E-state index in [0.717, 1.165) is 38.8 Å². The second-order valence-corrected chi connectivity index (χ2v) is 8.30. The van der Waals surface area contributed by atoms with Crippen LogP contribution in [0.5, 0.6) is 0 Å². The molecule has 0 bridgehead atoms. The first-order chi connectivity index (χ1) is 11.6. The van der Waals surface area contributed by atoms with Crippen molar-refractivity contribution in [1.82, 2.24) is 15.1 Å². The molecule has 1 aromatic heterocycles. The molecule has 3 rings (SSSR count). The number of likely N-dealkylation sites (N-methyl/N-ethyl adjacent to an activating group) is 1. The smallest absolute Gasteiger partial charge is 0.263 e. The van der Waals surface area contributed by atoms with Crippen molar-refractivity contribution in [2.45, 2.75) is 31.7 Å². The molecule has 1 unspecified atom stereocenters. The number of rotatable bonds is 3. The van der Waals surface area contributed by atoms with Gasteiger partial charge in [-0.3, -0.25) is 9.59 Å². The monoisotopic (exact) mass is 405 g/mol. The fraction of sp³-hybridized carbons (Fsp3) is 0.647. The summed E-state index contributed by atoms with van der Waals surface area (Å²) in [6, 6.07) is 3.94. The van der Waals surface area contributed by atoms with Crippen LogP contribution in [0.2, 0.25) is 4.34 Å². The molecule has 5 nitrogen and oxygen atoms in total. The molecule has 2 aliphatic rings. The fourth-order valence-corrected chi connectivity index (χ4v) is 4.60. The highest BCUT2D eigenvalue weighted by molar-refractivity contribution is 7.17. The lowest BCUT2D eigenvalue weighted by molar-refractivity contribution is -0.138. The van der Waals surface area contributed by atoms with Gasteiger partial charge in [-0.25, -0.2) is 0 Å². The molecular formula is C17H25Cl2N3O2S. The van der Waals surface area contributed by atoms with E-state index in [1.54, 1.807) is 12.1 Å². The number of halogens is 2. The van der Waals surface area contributed by atoms with Crippen LogP contribution in [0, 0.1) is 5.92 Å². The van der Waals surface area contributed by atoms with Gasteiger partial charge in [0.1, 0.15) is 0 Å². The standard InChI is InChI=1S/C17H24ClN3O2S.ClH/c1-19-13-3-2-8-21(11-13)16(22)12-6-9-20(10-7-12)17(23)14-4-5-15(18)24-14;/h4-5,12-13,19H,2-3,6-11H2,1H3;1H. The van der Waals surface area contributed by atoms with Gasteiger partial charge >= 0.3 is 0 Å². The first kappa shape index (κ1) is 20.5. The quantitative estimate of drug-likeness (QED) is 0.840. The van der Waals surface area contributed by atoms with Gasteiger partial charge in [0.25, 0.3) is 5.91 Å². The predicted octanol–water partition coefficient (Wildman–Crippen LogP) is 2.89. The van der Waals surface area contributed by atoms with Gasteiger partial charge in [-0.05, 0) is 44.9 Å². The van der Waals surface area contributed by atoms with Crippen LogP contribution in [0.1, 0.15) is 35.4 Å². The van der Waals surface area contributed by atoms with Gasteiger partial charge in [0.2, 0.25) is 5.91 Å². The van der Waals surface area contributed by atoms with E-state index in [-0.39, 0.29) is 30.1 Å². The molecule has 0 saturated carbocycles. The maximum absolute atomic E-state index is 12.7. The summed E-state index contributed by atoms with van der Waals surface area (Å²) >= 11 is 7.22. The summed E-state index contributed by atoms with van der Waals surface area (Å²) in [4.78, 5) is 29.7. The van der Waals surface area contributed by atoms with Crippen molar-refractivity contribution in [2.24, 2.45) is 5.92 Å². The number of carbonyl (C=O) groups is 2. The Bertz CT molecular complexity index is 602. The second-order valence-electron chi connectivity index (χ2n) is 6.58. The predicted molar refractivity (Wildman–Crippen MR) is 104 cm³/mol. The van der Waals surface area contributed by atoms with Crippen molar-refractivity contribution < 1.29 is 9.59 Å². The van der Waals surface area contributed by atoms with Crippen LogP contribution < -0.4 is 5.32 Å². The number of carbonyl (C=O) groups excluding carboxylic acids is 2. The Morgan fingerprint density at radius 2 is 1.88 bits per heavy atom. The van der Waals surface area contributed by atoms with Crippen LogP contribution in [0.3, 0.4) is 0 Å². The summed E-state index contributed by atoms with van der Waals surface area (Å²) < 4.78 is 0.632. The zero-order valence-corrected chi connectivity index (χ0v) is 16.8. The number of hydrogen-bond donors (Lipinski definition) is 1. The highest BCUT2D eigenvalue weighted by atomic mass is 35.5. The van der Waals surface area contributed by atoms with Crippen molar-refractivity contribution >= 4 is 47.2 Å². The molecule has 0 spiro atoms. The summed E-state index contributed by atoms with van der Waals surface area (Å²) in [6.45, 7) is 2.97. The third kappa shape index (κ3) is 4.88. The number of thiophene rings is 1. The third-order valence-electron chi connectivity index (χ3n) is 5.06. The normalized spacial score (nSPS) is 21.8. The average molecular weight is 406 g/mol. The maximum atomic E-state index is 12.7. The largest absolute Gasteiger partial charge is 0.341 e. The van der Waals surface area contributed by atoms with E-state index in [1.165, 1.54) is 11.3 Å². The molecule has 0 radical (unpaired) electrons. The molecule has 0 aliphatic carbocycles. The summed E-state index contributed by atoms with van der Waals surface area (Å²) in [5, 5.41) is 3.28. The Labute approximate surface area is 164 Å². The molecule has 2 aliphatic heterocycles. The number of piperidine rings is 2. The summed E-state index contributed by atoms with van der Waals surface area (Å²) in [6.07, 6.45) is 3.71. The molecule has 140 valence electrons. The zero-order valence-electron chi connectivity index (χ0n) is 14.4. The Kier molecular flexibility index (Phi) is 7.55. The van der Waals surface area contributed by atoms with Crippen molar-refractivity contribution in [3.63, 3.8) is 0 Å². The first-order valence-corrected chi connectivity index (χ1v) is 9.78. The molecule has 2 fully saturated rings. The van der Waals surface area contributed by atoms with E-state index in [1.807, 2.05) is 16.8 Å². The van der Waals surface area contributed by atoms with Gasteiger partial charge in [-0.2, -0.15) is 0 Å². The van der Waals surface area contributed by atoms with E-state index in [4.69, 9.17) is 11.6 Å². The molecule has 25 heavy (non-hydrogen) atoms. The number of hydrogen-bond acceptors (Lipinski definition) is 4. The molecule has 1 aromatic rings. The Balaban J connectivity index is 0.00000225. The Hall–Kier alpha value is -0.820. The van der Waals surface area contributed by atoms with Gasteiger partial charge < -0.3 is 15.1 Å². The van der Waals surface area contributed by atoms with Crippen LogP contribution in [-0.2, 0) is 4.79 Å². The van der Waals surface area contributed by atoms with Gasteiger partial charge in [0.05, 0.1) is 9.21 Å². The van der Waals surface area contributed by atoms with Gasteiger partial charge in [0, 0.05) is 38.1 Å². The third-order valence-corrected chi connectivity index (χ3v) is 6.28. The summed E-state index contributed by atoms with van der Waals surface area (Å²) in [7, 11) is 1.96. The van der Waals surface area contributed by atoms with Gasteiger partial charge in [-0.1, -0.05) is 11.6 Å². The van der Waals surface area contributed by atoms with Crippen molar-refractivity contribution in [3.8, 4) is 0 Å². The molecule has 8 heteroatoms. The number of amides is 2. The van der Waals surface area contributed by atoms with E-state index in [0.29, 0.717) is 28.3 Å².